The number of amidine groups is 1. The van der Waals surface area contributed by atoms with Crippen LogP contribution in [0.5, 0.6) is 0 Å². The van der Waals surface area contributed by atoms with E-state index in [0.717, 1.165) is 24.8 Å². The van der Waals surface area contributed by atoms with Gasteiger partial charge >= 0.3 is 0 Å². The Bertz CT molecular complexity index is 747. The van der Waals surface area contributed by atoms with Gasteiger partial charge in [0, 0.05) is 12.5 Å². The molecule has 3 rings (SSSR count). The molecule has 8 nitrogen and oxygen atoms in total. The molecule has 1 unspecified atom stereocenters. The lowest BCUT2D eigenvalue weighted by Crippen LogP contribution is -2.49. The summed E-state index contributed by atoms with van der Waals surface area (Å²) in [6, 6.07) is 8.17. The molecule has 8 heteroatoms. The number of amides is 3. The minimum absolute atomic E-state index is 0.00952. The van der Waals surface area contributed by atoms with Crippen LogP contribution < -0.4 is 16.4 Å². The molecule has 1 saturated heterocycles. The molecule has 2 aliphatic rings. The van der Waals surface area contributed by atoms with Crippen LogP contribution in [0.15, 0.2) is 35.3 Å². The maximum Gasteiger partial charge on any atom is 0.250 e. The molecule has 2 fully saturated rings. The van der Waals surface area contributed by atoms with Crippen molar-refractivity contribution in [3.63, 3.8) is 0 Å². The Morgan fingerprint density at radius 1 is 1.25 bits per heavy atom. The maximum atomic E-state index is 13.4. The van der Waals surface area contributed by atoms with Gasteiger partial charge in [-0.15, -0.1) is 0 Å². The molecule has 0 radical (unpaired) electrons. The second-order valence-corrected chi connectivity index (χ2v) is 7.33. The SMILES string of the molecule is CC(/N=C(\N)[C@@H]1CCCN1C(=O)[C@H](NC(=O)C1CC1)c1ccccc1)NC=O. The van der Waals surface area contributed by atoms with E-state index < -0.39 is 12.2 Å². The summed E-state index contributed by atoms with van der Waals surface area (Å²) in [5, 5.41) is 5.45. The standard InChI is InChI=1S/C20H27N5O3/c1-13(22-12-26)23-18(21)16-8-5-11-25(16)20(28)17(14-6-3-2-4-7-14)24-19(27)15-9-10-15/h2-4,6-7,12-13,15-17H,5,8-11H2,1H3,(H2,21,23)(H,22,26)(H,24,27)/t13?,16-,17+/m0/s1. The molecular formula is C20H27N5O3. The van der Waals surface area contributed by atoms with Crippen LogP contribution in [-0.4, -0.2) is 47.7 Å². The summed E-state index contributed by atoms with van der Waals surface area (Å²) >= 11 is 0. The predicted octanol–water partition coefficient (Wildman–Crippen LogP) is 0.694. The Morgan fingerprint density at radius 2 is 1.96 bits per heavy atom. The third-order valence-corrected chi connectivity index (χ3v) is 5.14. The van der Waals surface area contributed by atoms with Gasteiger partial charge in [-0.25, -0.2) is 4.99 Å². The Kier molecular flexibility index (Phi) is 6.28. The van der Waals surface area contributed by atoms with E-state index in [2.05, 4.69) is 15.6 Å². The number of likely N-dealkylation sites (tertiary alicyclic amines) is 1. The number of nitrogens with zero attached hydrogens (tertiary/aromatic N) is 2. The number of hydrogen-bond donors (Lipinski definition) is 3. The van der Waals surface area contributed by atoms with E-state index in [1.807, 2.05) is 30.3 Å². The van der Waals surface area contributed by atoms with Gasteiger partial charge in [-0.05, 0) is 38.2 Å². The first-order chi connectivity index (χ1) is 13.5. The number of carbonyl (C=O) groups is 3. The van der Waals surface area contributed by atoms with Crippen LogP contribution in [0, 0.1) is 5.92 Å². The zero-order valence-corrected chi connectivity index (χ0v) is 16.0. The monoisotopic (exact) mass is 385 g/mol. The number of nitrogens with two attached hydrogens (primary N) is 1. The largest absolute Gasteiger partial charge is 0.386 e. The first kappa shape index (κ1) is 19.9. The molecule has 1 aromatic rings. The third kappa shape index (κ3) is 4.68. The number of aliphatic imine (C=N–C) groups is 1. The highest BCUT2D eigenvalue weighted by atomic mass is 16.2. The molecule has 1 saturated carbocycles. The molecule has 0 aromatic heterocycles. The molecule has 1 aromatic carbocycles. The van der Waals surface area contributed by atoms with Crippen LogP contribution in [0.2, 0.25) is 0 Å². The minimum Gasteiger partial charge on any atom is -0.386 e. The van der Waals surface area contributed by atoms with Gasteiger partial charge in [0.05, 0.1) is 6.04 Å². The van der Waals surface area contributed by atoms with Crippen LogP contribution in [-0.2, 0) is 14.4 Å². The van der Waals surface area contributed by atoms with Crippen molar-refractivity contribution in [2.75, 3.05) is 6.54 Å². The number of nitrogens with one attached hydrogen (secondary N) is 2. The molecule has 28 heavy (non-hydrogen) atoms. The highest BCUT2D eigenvalue weighted by Gasteiger charge is 2.38. The van der Waals surface area contributed by atoms with Crippen LogP contribution in [0.4, 0.5) is 0 Å². The molecule has 1 heterocycles. The van der Waals surface area contributed by atoms with E-state index in [-0.39, 0.29) is 23.8 Å². The summed E-state index contributed by atoms with van der Waals surface area (Å²) in [5.41, 5.74) is 6.90. The molecule has 150 valence electrons. The number of rotatable bonds is 8. The molecule has 1 aliphatic heterocycles. The van der Waals surface area contributed by atoms with Gasteiger partial charge in [-0.3, -0.25) is 14.4 Å². The van der Waals surface area contributed by atoms with Crippen LogP contribution >= 0.6 is 0 Å². The predicted molar refractivity (Wildman–Crippen MR) is 105 cm³/mol. The van der Waals surface area contributed by atoms with Gasteiger partial charge in [-0.1, -0.05) is 30.3 Å². The van der Waals surface area contributed by atoms with E-state index in [9.17, 15) is 14.4 Å². The molecule has 0 bridgehead atoms. The lowest BCUT2D eigenvalue weighted by Gasteiger charge is -2.29. The molecular weight excluding hydrogens is 358 g/mol. The normalized spacial score (nSPS) is 21.7. The van der Waals surface area contributed by atoms with Crippen molar-refractivity contribution in [3.8, 4) is 0 Å². The molecule has 0 spiro atoms. The van der Waals surface area contributed by atoms with Crippen LogP contribution in [0.25, 0.3) is 0 Å². The highest BCUT2D eigenvalue weighted by Crippen LogP contribution is 2.31. The van der Waals surface area contributed by atoms with Gasteiger partial charge in [-0.2, -0.15) is 0 Å². The van der Waals surface area contributed by atoms with Crippen molar-refractivity contribution in [2.45, 2.75) is 50.9 Å². The minimum atomic E-state index is -0.742. The quantitative estimate of drug-likeness (QED) is 0.347. The van der Waals surface area contributed by atoms with Crippen molar-refractivity contribution in [1.82, 2.24) is 15.5 Å². The summed E-state index contributed by atoms with van der Waals surface area (Å²) < 4.78 is 0. The van der Waals surface area contributed by atoms with E-state index in [1.165, 1.54) is 0 Å². The Labute approximate surface area is 164 Å². The summed E-state index contributed by atoms with van der Waals surface area (Å²) in [5.74, 6) is 0.0589. The van der Waals surface area contributed by atoms with Crippen molar-refractivity contribution < 1.29 is 14.4 Å². The van der Waals surface area contributed by atoms with Crippen molar-refractivity contribution in [2.24, 2.45) is 16.6 Å². The van der Waals surface area contributed by atoms with Gasteiger partial charge < -0.3 is 21.3 Å². The van der Waals surface area contributed by atoms with E-state index in [4.69, 9.17) is 5.73 Å². The topological polar surface area (TPSA) is 117 Å². The summed E-state index contributed by atoms with van der Waals surface area (Å²) in [6.45, 7) is 2.27. The smallest absolute Gasteiger partial charge is 0.250 e. The van der Waals surface area contributed by atoms with Crippen molar-refractivity contribution in [1.29, 1.82) is 0 Å². The fourth-order valence-electron chi connectivity index (χ4n) is 3.49. The number of carbonyl (C=O) groups excluding carboxylic acids is 3. The number of benzene rings is 1. The fraction of sp³-hybridized carbons (Fsp3) is 0.500. The molecule has 3 amide bonds. The van der Waals surface area contributed by atoms with E-state index in [0.29, 0.717) is 25.2 Å². The average Bonchev–Trinajstić information content (AvgIpc) is 3.42. The van der Waals surface area contributed by atoms with E-state index in [1.54, 1.807) is 11.8 Å². The van der Waals surface area contributed by atoms with Crippen LogP contribution in [0.1, 0.15) is 44.2 Å². The zero-order valence-electron chi connectivity index (χ0n) is 16.0. The Morgan fingerprint density at radius 3 is 2.61 bits per heavy atom. The van der Waals surface area contributed by atoms with Crippen molar-refractivity contribution >= 4 is 24.1 Å². The van der Waals surface area contributed by atoms with Gasteiger partial charge in [0.25, 0.3) is 0 Å². The van der Waals surface area contributed by atoms with Crippen molar-refractivity contribution in [3.05, 3.63) is 35.9 Å². The van der Waals surface area contributed by atoms with Gasteiger partial charge in [0.1, 0.15) is 18.0 Å². The lowest BCUT2D eigenvalue weighted by atomic mass is 10.0. The lowest BCUT2D eigenvalue weighted by molar-refractivity contribution is -0.136. The Balaban J connectivity index is 1.80. The molecule has 4 N–H and O–H groups in total. The second kappa shape index (κ2) is 8.86. The summed E-state index contributed by atoms with van der Waals surface area (Å²) in [4.78, 5) is 42.3. The first-order valence-electron chi connectivity index (χ1n) is 9.70. The fourth-order valence-corrected chi connectivity index (χ4v) is 3.49. The molecule has 3 atom stereocenters. The second-order valence-electron chi connectivity index (χ2n) is 7.33. The average molecular weight is 385 g/mol. The first-order valence-corrected chi connectivity index (χ1v) is 9.70. The third-order valence-electron chi connectivity index (χ3n) is 5.14. The zero-order chi connectivity index (χ0) is 20.1. The van der Waals surface area contributed by atoms with E-state index >= 15 is 0 Å². The maximum absolute atomic E-state index is 13.4. The van der Waals surface area contributed by atoms with Gasteiger partial charge in [0.2, 0.25) is 18.2 Å². The summed E-state index contributed by atoms with van der Waals surface area (Å²) in [6.07, 6.45) is 3.35. The van der Waals surface area contributed by atoms with Crippen LogP contribution in [0.3, 0.4) is 0 Å². The number of hydrogen-bond acceptors (Lipinski definition) is 4. The van der Waals surface area contributed by atoms with Gasteiger partial charge in [0.15, 0.2) is 0 Å². The Hall–Kier alpha value is -2.90. The molecule has 1 aliphatic carbocycles. The summed E-state index contributed by atoms with van der Waals surface area (Å²) in [7, 11) is 0. The highest BCUT2D eigenvalue weighted by molar-refractivity contribution is 5.95.